The molecule has 0 N–H and O–H groups in total. The van der Waals surface area contributed by atoms with Crippen molar-refractivity contribution in [1.29, 1.82) is 0 Å². The van der Waals surface area contributed by atoms with Crippen molar-refractivity contribution in [3.05, 3.63) is 59.4 Å². The van der Waals surface area contributed by atoms with Gasteiger partial charge in [-0.2, -0.15) is 8.75 Å². The number of pyridine rings is 1. The Morgan fingerprint density at radius 3 is 2.58 bits per heavy atom. The largest absolute Gasteiger partial charge is 0.496 e. The molecule has 0 unspecified atom stereocenters. The first kappa shape index (κ1) is 24.2. The van der Waals surface area contributed by atoms with Crippen molar-refractivity contribution in [1.82, 2.24) is 18.6 Å². The summed E-state index contributed by atoms with van der Waals surface area (Å²) in [6, 6.07) is 11.5. The van der Waals surface area contributed by atoms with Gasteiger partial charge in [-0.1, -0.05) is 6.07 Å². The van der Waals surface area contributed by atoms with Crippen molar-refractivity contribution >= 4 is 34.4 Å². The van der Waals surface area contributed by atoms with Gasteiger partial charge in [0.05, 0.1) is 38.7 Å². The SMILES string of the molecule is COc1ccc(OC)c2nc(N3CCCC3)c(CN(Cc3ccc4c(c3)OCO4)C(=O)c3cnsn3)cc12. The highest BCUT2D eigenvalue weighted by Crippen LogP contribution is 2.37. The molecule has 4 heterocycles. The van der Waals surface area contributed by atoms with Crippen molar-refractivity contribution < 1.29 is 23.7 Å². The minimum Gasteiger partial charge on any atom is -0.496 e. The fourth-order valence-corrected chi connectivity index (χ4v) is 5.40. The minimum absolute atomic E-state index is 0.194. The second-order valence-corrected chi connectivity index (χ2v) is 9.73. The highest BCUT2D eigenvalue weighted by molar-refractivity contribution is 6.99. The first-order valence-electron chi connectivity index (χ1n) is 12.4. The average Bonchev–Trinajstić information content (AvgIpc) is 3.74. The van der Waals surface area contributed by atoms with E-state index in [1.165, 1.54) is 6.20 Å². The molecule has 0 aliphatic carbocycles. The molecule has 2 aliphatic rings. The third-order valence-electron chi connectivity index (χ3n) is 6.85. The lowest BCUT2D eigenvalue weighted by molar-refractivity contribution is 0.0725. The maximum Gasteiger partial charge on any atom is 0.275 e. The van der Waals surface area contributed by atoms with Crippen LogP contribution in [0.3, 0.4) is 0 Å². The van der Waals surface area contributed by atoms with E-state index in [0.29, 0.717) is 41.8 Å². The van der Waals surface area contributed by atoms with Crippen molar-refractivity contribution in [2.75, 3.05) is 39.0 Å². The number of anilines is 1. The van der Waals surface area contributed by atoms with Gasteiger partial charge in [0.25, 0.3) is 5.91 Å². The first-order valence-corrected chi connectivity index (χ1v) is 13.1. The molecule has 11 heteroatoms. The maximum absolute atomic E-state index is 13.7. The predicted molar refractivity (Wildman–Crippen MR) is 142 cm³/mol. The number of carbonyl (C=O) groups is 1. The molecule has 10 nitrogen and oxygen atoms in total. The van der Waals surface area contributed by atoms with E-state index in [1.54, 1.807) is 19.1 Å². The molecule has 0 atom stereocenters. The Hall–Kier alpha value is -4.12. The molecule has 0 bridgehead atoms. The fourth-order valence-electron chi connectivity index (χ4n) is 4.99. The van der Waals surface area contributed by atoms with E-state index >= 15 is 0 Å². The molecule has 6 rings (SSSR count). The molecular weight excluding hydrogens is 506 g/mol. The standard InChI is InChI=1S/C27H27N5O5S/c1-34-21-7-8-23(35-2)25-19(21)12-18(26(29-25)31-9-3-4-10-31)15-32(27(33)20-13-28-38-30-20)14-17-5-6-22-24(11-17)37-16-36-22/h5-8,11-13H,3-4,9-10,14-16H2,1-2H3. The number of fused-ring (bicyclic) bond motifs is 2. The van der Waals surface area contributed by atoms with Crippen LogP contribution >= 0.6 is 11.7 Å². The Bertz CT molecular complexity index is 1470. The number of nitrogens with zero attached hydrogens (tertiary/aromatic N) is 5. The van der Waals surface area contributed by atoms with E-state index in [0.717, 1.165) is 65.5 Å². The quantitative estimate of drug-likeness (QED) is 0.329. The van der Waals surface area contributed by atoms with Gasteiger partial charge in [0, 0.05) is 30.6 Å². The van der Waals surface area contributed by atoms with Gasteiger partial charge in [-0.25, -0.2) is 4.98 Å². The highest BCUT2D eigenvalue weighted by Gasteiger charge is 2.26. The maximum atomic E-state index is 13.7. The van der Waals surface area contributed by atoms with E-state index in [2.05, 4.69) is 19.7 Å². The summed E-state index contributed by atoms with van der Waals surface area (Å²) in [6.45, 7) is 2.67. The average molecular weight is 534 g/mol. The number of rotatable bonds is 8. The lowest BCUT2D eigenvalue weighted by Gasteiger charge is -2.27. The summed E-state index contributed by atoms with van der Waals surface area (Å²) in [5.41, 5.74) is 2.88. The van der Waals surface area contributed by atoms with Crippen LogP contribution in [0.4, 0.5) is 5.82 Å². The first-order chi connectivity index (χ1) is 18.6. The third-order valence-corrected chi connectivity index (χ3v) is 7.33. The minimum atomic E-state index is -0.207. The molecule has 1 fully saturated rings. The Morgan fingerprint density at radius 1 is 1.03 bits per heavy atom. The number of ether oxygens (including phenoxy) is 4. The summed E-state index contributed by atoms with van der Waals surface area (Å²) in [7, 11) is 3.28. The van der Waals surface area contributed by atoms with Crippen molar-refractivity contribution in [3.8, 4) is 23.0 Å². The van der Waals surface area contributed by atoms with Gasteiger partial charge in [0.15, 0.2) is 17.2 Å². The summed E-state index contributed by atoms with van der Waals surface area (Å²) >= 11 is 1.01. The third kappa shape index (κ3) is 4.53. The molecule has 0 spiro atoms. The molecule has 2 aromatic carbocycles. The van der Waals surface area contributed by atoms with Crippen molar-refractivity contribution in [3.63, 3.8) is 0 Å². The summed E-state index contributed by atoms with van der Waals surface area (Å²) in [4.78, 5) is 22.8. The Kier molecular flexibility index (Phi) is 6.59. The highest BCUT2D eigenvalue weighted by atomic mass is 32.1. The predicted octanol–water partition coefficient (Wildman–Crippen LogP) is 4.28. The molecule has 1 amide bonds. The van der Waals surface area contributed by atoms with Gasteiger partial charge >= 0.3 is 0 Å². The van der Waals surface area contributed by atoms with Crippen LogP contribution < -0.4 is 23.8 Å². The normalized spacial score (nSPS) is 14.2. The molecule has 2 aliphatic heterocycles. The second kappa shape index (κ2) is 10.3. The molecule has 196 valence electrons. The molecule has 1 saturated heterocycles. The van der Waals surface area contributed by atoms with Gasteiger partial charge < -0.3 is 28.7 Å². The van der Waals surface area contributed by atoms with Crippen LogP contribution in [0.15, 0.2) is 42.6 Å². The van der Waals surface area contributed by atoms with E-state index < -0.39 is 0 Å². The van der Waals surface area contributed by atoms with Crippen LogP contribution in [0.25, 0.3) is 10.9 Å². The Labute approximate surface area is 224 Å². The van der Waals surface area contributed by atoms with Gasteiger partial charge in [-0.15, -0.1) is 0 Å². The molecule has 2 aromatic heterocycles. The Balaban J connectivity index is 1.44. The van der Waals surface area contributed by atoms with Gasteiger partial charge in [0.1, 0.15) is 22.8 Å². The number of carbonyl (C=O) groups excluding carboxylic acids is 1. The van der Waals surface area contributed by atoms with Crippen LogP contribution in [0.2, 0.25) is 0 Å². The summed E-state index contributed by atoms with van der Waals surface area (Å²) in [5.74, 6) is 3.39. The number of aromatic nitrogens is 3. The number of amides is 1. The molecular formula is C27H27N5O5S. The van der Waals surface area contributed by atoms with Crippen LogP contribution in [-0.2, 0) is 13.1 Å². The number of benzene rings is 2. The molecule has 0 saturated carbocycles. The van der Waals surface area contributed by atoms with Crippen molar-refractivity contribution in [2.24, 2.45) is 0 Å². The van der Waals surface area contributed by atoms with E-state index in [1.807, 2.05) is 30.3 Å². The second-order valence-electron chi connectivity index (χ2n) is 9.17. The lowest BCUT2D eigenvalue weighted by Crippen LogP contribution is -2.32. The number of methoxy groups -OCH3 is 2. The Morgan fingerprint density at radius 2 is 1.82 bits per heavy atom. The van der Waals surface area contributed by atoms with E-state index in [4.69, 9.17) is 23.9 Å². The van der Waals surface area contributed by atoms with Crippen molar-refractivity contribution in [2.45, 2.75) is 25.9 Å². The molecule has 4 aromatic rings. The monoisotopic (exact) mass is 533 g/mol. The molecule has 0 radical (unpaired) electrons. The van der Waals surface area contributed by atoms with E-state index in [9.17, 15) is 4.79 Å². The van der Waals surface area contributed by atoms with Gasteiger partial charge in [-0.3, -0.25) is 4.79 Å². The van der Waals surface area contributed by atoms with Crippen LogP contribution in [0.1, 0.15) is 34.5 Å². The topological polar surface area (TPSA) is 99.1 Å². The van der Waals surface area contributed by atoms with Gasteiger partial charge in [0.2, 0.25) is 6.79 Å². The number of hydrogen-bond donors (Lipinski definition) is 0. The zero-order chi connectivity index (χ0) is 26.1. The summed E-state index contributed by atoms with van der Waals surface area (Å²) in [6.07, 6.45) is 3.70. The van der Waals surface area contributed by atoms with Gasteiger partial charge in [-0.05, 0) is 48.7 Å². The van der Waals surface area contributed by atoms with Crippen LogP contribution in [0, 0.1) is 0 Å². The smallest absolute Gasteiger partial charge is 0.275 e. The number of hydrogen-bond acceptors (Lipinski definition) is 10. The lowest BCUT2D eigenvalue weighted by atomic mass is 10.1. The summed E-state index contributed by atoms with van der Waals surface area (Å²) < 4.78 is 30.6. The van der Waals surface area contributed by atoms with Crippen LogP contribution in [0.5, 0.6) is 23.0 Å². The molecule has 38 heavy (non-hydrogen) atoms. The zero-order valence-electron chi connectivity index (χ0n) is 21.2. The summed E-state index contributed by atoms with van der Waals surface area (Å²) in [5, 5.41) is 0.829. The fraction of sp³-hybridized carbons (Fsp3) is 0.333. The van der Waals surface area contributed by atoms with E-state index in [-0.39, 0.29) is 12.7 Å². The van der Waals surface area contributed by atoms with Crippen LogP contribution in [-0.4, -0.2) is 58.6 Å². The zero-order valence-corrected chi connectivity index (χ0v) is 22.0.